The molecule has 1 spiro atoms. The summed E-state index contributed by atoms with van der Waals surface area (Å²) in [5.41, 5.74) is 1.54. The van der Waals surface area contributed by atoms with Gasteiger partial charge in [-0.25, -0.2) is 13.6 Å². The smallest absolute Gasteiger partial charge is 0.175 e. The van der Waals surface area contributed by atoms with Crippen LogP contribution in [0.25, 0.3) is 10.9 Å². The Morgan fingerprint density at radius 2 is 2.00 bits per heavy atom. The monoisotopic (exact) mass is 559 g/mol. The summed E-state index contributed by atoms with van der Waals surface area (Å²) in [7, 11) is -1.53. The number of pyridine rings is 2. The molecule has 1 aliphatic heterocycles. The lowest BCUT2D eigenvalue weighted by atomic mass is 10.1. The number of aryl methyl sites for hydroxylation is 1. The molecule has 2 aliphatic rings. The van der Waals surface area contributed by atoms with Gasteiger partial charge in [-0.2, -0.15) is 4.09 Å². The fraction of sp³-hybridized carbons (Fsp3) is 0.400. The van der Waals surface area contributed by atoms with E-state index in [4.69, 9.17) is 16.7 Å². The molecule has 1 saturated heterocycles. The van der Waals surface area contributed by atoms with Crippen molar-refractivity contribution in [2.75, 3.05) is 29.4 Å². The maximum absolute atomic E-state index is 14.7. The minimum absolute atomic E-state index is 0.174. The van der Waals surface area contributed by atoms with Crippen molar-refractivity contribution in [1.82, 2.24) is 23.1 Å². The molecule has 8 nitrogen and oxygen atoms in total. The molecule has 12 heteroatoms. The predicted molar refractivity (Wildman–Crippen MR) is 147 cm³/mol. The molecule has 0 aromatic carbocycles. The summed E-state index contributed by atoms with van der Waals surface area (Å²) in [6.07, 6.45) is 10.8. The molecular weight excluding hydrogens is 533 g/mol. The quantitative estimate of drug-likeness (QED) is 0.327. The minimum Gasteiger partial charge on any atom is -0.350 e. The van der Waals surface area contributed by atoms with E-state index in [0.29, 0.717) is 35.6 Å². The van der Waals surface area contributed by atoms with Gasteiger partial charge < -0.3 is 9.80 Å². The number of hydrogen-bond donors (Lipinski definition) is 0. The summed E-state index contributed by atoms with van der Waals surface area (Å²) in [4.78, 5) is 13.6. The SMILES string of the molecule is Cc1cncc2c1c(N1CCN(c3ncc(Cl)cc3F)CC13CC3)nn2S(=O)c1ccn(SC(C)C)c1. The second-order valence-corrected chi connectivity index (χ2v) is 13.2. The molecule has 0 N–H and O–H groups in total. The van der Waals surface area contributed by atoms with Crippen LogP contribution >= 0.6 is 23.5 Å². The highest BCUT2D eigenvalue weighted by atomic mass is 35.5. The maximum atomic E-state index is 14.7. The first kappa shape index (κ1) is 24.7. The molecule has 0 bridgehead atoms. The normalized spacial score (nSPS) is 17.8. The number of fused-ring (bicyclic) bond motifs is 1. The fourth-order valence-corrected chi connectivity index (χ4v) is 7.12. The van der Waals surface area contributed by atoms with E-state index in [9.17, 15) is 8.60 Å². The summed E-state index contributed by atoms with van der Waals surface area (Å²) in [5.74, 6) is 0.725. The summed E-state index contributed by atoms with van der Waals surface area (Å²) < 4.78 is 31.9. The van der Waals surface area contributed by atoms with Gasteiger partial charge in [0.1, 0.15) is 5.52 Å². The highest BCUT2D eigenvalue weighted by Crippen LogP contribution is 2.48. The van der Waals surface area contributed by atoms with Gasteiger partial charge in [-0.3, -0.25) is 8.96 Å². The van der Waals surface area contributed by atoms with Crippen LogP contribution in [0, 0.1) is 12.7 Å². The van der Waals surface area contributed by atoms with Gasteiger partial charge in [-0.15, -0.1) is 5.10 Å². The molecule has 1 atom stereocenters. The van der Waals surface area contributed by atoms with Crippen LogP contribution < -0.4 is 9.80 Å². The Balaban J connectivity index is 1.36. The molecule has 37 heavy (non-hydrogen) atoms. The van der Waals surface area contributed by atoms with Gasteiger partial charge in [0.05, 0.1) is 27.0 Å². The van der Waals surface area contributed by atoms with E-state index < -0.39 is 16.8 Å². The van der Waals surface area contributed by atoms with Crippen molar-refractivity contribution in [1.29, 1.82) is 0 Å². The van der Waals surface area contributed by atoms with Crippen molar-refractivity contribution in [2.24, 2.45) is 0 Å². The number of nitrogens with zero attached hydrogens (tertiary/aromatic N) is 7. The van der Waals surface area contributed by atoms with Crippen molar-refractivity contribution in [2.45, 2.75) is 49.3 Å². The Kier molecular flexibility index (Phi) is 6.20. The van der Waals surface area contributed by atoms with Gasteiger partial charge in [0.2, 0.25) is 0 Å². The third kappa shape index (κ3) is 4.40. The van der Waals surface area contributed by atoms with Gasteiger partial charge in [0.15, 0.2) is 28.4 Å². The van der Waals surface area contributed by atoms with Crippen molar-refractivity contribution in [3.05, 3.63) is 59.5 Å². The molecule has 1 saturated carbocycles. The van der Waals surface area contributed by atoms with E-state index >= 15 is 0 Å². The Morgan fingerprint density at radius 3 is 2.73 bits per heavy atom. The van der Waals surface area contributed by atoms with Crippen LogP contribution in [-0.4, -0.2) is 57.8 Å². The van der Waals surface area contributed by atoms with Crippen LogP contribution in [0.5, 0.6) is 0 Å². The number of halogens is 2. The Bertz CT molecular complexity index is 1520. The lowest BCUT2D eigenvalue weighted by Crippen LogP contribution is -2.56. The first-order valence-electron chi connectivity index (χ1n) is 12.2. The van der Waals surface area contributed by atoms with Crippen LogP contribution in [0.1, 0.15) is 32.3 Å². The van der Waals surface area contributed by atoms with Gasteiger partial charge in [-0.1, -0.05) is 25.4 Å². The zero-order valence-corrected chi connectivity index (χ0v) is 23.2. The highest BCUT2D eigenvalue weighted by Gasteiger charge is 2.53. The van der Waals surface area contributed by atoms with E-state index in [2.05, 4.69) is 28.7 Å². The zero-order chi connectivity index (χ0) is 25.9. The number of anilines is 2. The van der Waals surface area contributed by atoms with E-state index in [1.807, 2.05) is 40.5 Å². The molecule has 4 aromatic heterocycles. The summed E-state index contributed by atoms with van der Waals surface area (Å²) in [5, 5.41) is 6.59. The maximum Gasteiger partial charge on any atom is 0.175 e. The molecule has 6 rings (SSSR count). The topological polar surface area (TPSA) is 72.1 Å². The molecule has 4 aromatic rings. The van der Waals surface area contributed by atoms with Crippen molar-refractivity contribution >= 4 is 57.1 Å². The van der Waals surface area contributed by atoms with Crippen molar-refractivity contribution in [3.8, 4) is 0 Å². The van der Waals surface area contributed by atoms with Gasteiger partial charge >= 0.3 is 0 Å². The van der Waals surface area contributed by atoms with Crippen LogP contribution in [0.2, 0.25) is 5.02 Å². The van der Waals surface area contributed by atoms with E-state index in [-0.39, 0.29) is 10.6 Å². The Morgan fingerprint density at radius 1 is 1.19 bits per heavy atom. The van der Waals surface area contributed by atoms with E-state index in [0.717, 1.165) is 35.1 Å². The van der Waals surface area contributed by atoms with Gasteiger partial charge in [0, 0.05) is 49.7 Å². The summed E-state index contributed by atoms with van der Waals surface area (Å²) in [6.45, 7) is 8.11. The highest BCUT2D eigenvalue weighted by molar-refractivity contribution is 7.98. The van der Waals surface area contributed by atoms with Crippen LogP contribution in [-0.2, 0) is 11.0 Å². The third-order valence-electron chi connectivity index (χ3n) is 6.88. The van der Waals surface area contributed by atoms with Crippen LogP contribution in [0.15, 0.2) is 48.0 Å². The van der Waals surface area contributed by atoms with Gasteiger partial charge in [-0.05, 0) is 49.4 Å². The van der Waals surface area contributed by atoms with Crippen LogP contribution in [0.4, 0.5) is 16.0 Å². The summed E-state index contributed by atoms with van der Waals surface area (Å²) in [6, 6.07) is 3.18. The standard InChI is InChI=1S/C25H27ClFN7OS2/c1-16(2)36-32-7-4-19(14-32)37(35)34-21-13-28-11-17(3)22(21)24(30-34)33-9-8-31(15-25(33)5-6-25)23-20(27)10-18(26)12-29-23/h4,7,10-14,16H,5-6,8-9,15H2,1-3H3. The first-order chi connectivity index (χ1) is 17.8. The number of aromatic nitrogens is 5. The van der Waals surface area contributed by atoms with E-state index in [1.54, 1.807) is 22.2 Å². The molecule has 2 fully saturated rings. The molecule has 194 valence electrons. The lowest BCUT2D eigenvalue weighted by Gasteiger charge is -2.43. The molecule has 0 amide bonds. The largest absolute Gasteiger partial charge is 0.350 e. The third-order valence-corrected chi connectivity index (χ3v) is 9.22. The zero-order valence-electron chi connectivity index (χ0n) is 20.8. The first-order valence-corrected chi connectivity index (χ1v) is 14.5. The molecule has 5 heterocycles. The summed E-state index contributed by atoms with van der Waals surface area (Å²) >= 11 is 7.58. The molecule has 1 unspecified atom stereocenters. The minimum atomic E-state index is -1.53. The Hall–Kier alpha value is -2.63. The molecule has 1 aliphatic carbocycles. The van der Waals surface area contributed by atoms with E-state index in [1.165, 1.54) is 12.3 Å². The number of piperazine rings is 1. The number of hydrogen-bond acceptors (Lipinski definition) is 7. The molecule has 0 radical (unpaired) electrons. The van der Waals surface area contributed by atoms with Crippen molar-refractivity contribution < 1.29 is 8.60 Å². The lowest BCUT2D eigenvalue weighted by molar-refractivity contribution is 0.493. The Labute approximate surface area is 226 Å². The molecular formula is C25H27ClFN7OS2. The van der Waals surface area contributed by atoms with Gasteiger partial charge in [0.25, 0.3) is 0 Å². The average molecular weight is 560 g/mol. The fourth-order valence-electron chi connectivity index (χ4n) is 5.06. The number of rotatable bonds is 6. The van der Waals surface area contributed by atoms with Crippen molar-refractivity contribution in [3.63, 3.8) is 0 Å². The second kappa shape index (κ2) is 9.28. The van der Waals surface area contributed by atoms with Crippen LogP contribution in [0.3, 0.4) is 0 Å². The second-order valence-electron chi connectivity index (χ2n) is 9.91. The predicted octanol–water partition coefficient (Wildman–Crippen LogP) is 5.06. The average Bonchev–Trinajstić information content (AvgIpc) is 3.27.